The van der Waals surface area contributed by atoms with Gasteiger partial charge in [-0.25, -0.2) is 0 Å². The molecule has 1 saturated heterocycles. The second-order valence-electron chi connectivity index (χ2n) is 22.1. The van der Waals surface area contributed by atoms with Crippen molar-refractivity contribution in [2.75, 3.05) is 33.7 Å². The van der Waals surface area contributed by atoms with Gasteiger partial charge in [0.2, 0.25) is 0 Å². The zero-order valence-corrected chi connectivity index (χ0v) is 43.8. The van der Waals surface area contributed by atoms with Gasteiger partial charge in [0.25, 0.3) is 0 Å². The van der Waals surface area contributed by atoms with E-state index in [-0.39, 0.29) is 72.5 Å². The van der Waals surface area contributed by atoms with Crippen LogP contribution in [0, 0.1) is 29.6 Å². The zero-order valence-electron chi connectivity index (χ0n) is 43.8. The summed E-state index contributed by atoms with van der Waals surface area (Å²) in [6.07, 6.45) is 17.3. The highest BCUT2D eigenvalue weighted by Gasteiger charge is 2.48. The summed E-state index contributed by atoms with van der Waals surface area (Å²) < 4.78 is 27.9. The molecule has 7 unspecified atom stereocenters. The van der Waals surface area contributed by atoms with Gasteiger partial charge in [0.15, 0.2) is 11.5 Å². The number of nitrogens with one attached hydrogen (secondary N) is 2. The van der Waals surface area contributed by atoms with Crippen molar-refractivity contribution >= 4 is 22.7 Å². The molecule has 77 heavy (non-hydrogen) atoms. The van der Waals surface area contributed by atoms with Crippen molar-refractivity contribution in [1.29, 1.82) is 0 Å². The average Bonchev–Trinajstić information content (AvgIpc) is 3.96. The number of phenols is 3. The molecule has 6 heterocycles. The molecule has 0 amide bonds. The minimum absolute atomic E-state index is 0.0308. The number of dihydropyridines is 1. The van der Waals surface area contributed by atoms with Gasteiger partial charge < -0.3 is 54.4 Å². The number of benzene rings is 5. The molecule has 0 radical (unpaired) electrons. The molecule has 13 rings (SSSR count). The molecule has 0 spiro atoms. The Bertz CT molecular complexity index is 3360. The van der Waals surface area contributed by atoms with Crippen LogP contribution >= 0.6 is 0 Å². The number of aliphatic hydroxyl groups excluding tert-OH is 2. The Labute approximate surface area is 450 Å². The van der Waals surface area contributed by atoms with Crippen LogP contribution in [0.25, 0.3) is 22.7 Å². The van der Waals surface area contributed by atoms with Crippen LogP contribution in [0.15, 0.2) is 121 Å². The highest BCUT2D eigenvalue weighted by Crippen LogP contribution is 2.52. The van der Waals surface area contributed by atoms with Gasteiger partial charge in [-0.3, -0.25) is 5.32 Å². The lowest BCUT2D eigenvalue weighted by Crippen LogP contribution is -2.47. The van der Waals surface area contributed by atoms with E-state index < -0.39 is 6.10 Å². The number of methoxy groups -OCH3 is 1. The molecule has 7 aliphatic rings. The fourth-order valence-corrected chi connectivity index (χ4v) is 13.4. The van der Waals surface area contributed by atoms with Crippen molar-refractivity contribution in [2.45, 2.75) is 108 Å². The predicted molar refractivity (Wildman–Crippen MR) is 297 cm³/mol. The van der Waals surface area contributed by atoms with Crippen LogP contribution in [0.2, 0.25) is 0 Å². The number of nitrogens with zero attached hydrogens (tertiary/aromatic N) is 1. The fourth-order valence-electron chi connectivity index (χ4n) is 13.4. The fraction of sp³-hybridized carbons (Fsp3) is 0.385. The van der Waals surface area contributed by atoms with Gasteiger partial charge in [-0.05, 0) is 150 Å². The second-order valence-corrected chi connectivity index (χ2v) is 22.1. The van der Waals surface area contributed by atoms with Crippen molar-refractivity contribution in [3.05, 3.63) is 176 Å². The number of aromatic hydroxyl groups is 3. The Morgan fingerprint density at radius 2 is 1.82 bits per heavy atom. The summed E-state index contributed by atoms with van der Waals surface area (Å²) in [5, 5.41) is 65.0. The zero-order chi connectivity index (χ0) is 52.6. The van der Waals surface area contributed by atoms with Gasteiger partial charge >= 0.3 is 0 Å². The van der Waals surface area contributed by atoms with Gasteiger partial charge in [0, 0.05) is 83.7 Å². The summed E-state index contributed by atoms with van der Waals surface area (Å²) in [5.74, 6) is 9.08. The van der Waals surface area contributed by atoms with Gasteiger partial charge in [0.05, 0.1) is 38.8 Å². The quantitative estimate of drug-likeness (QED) is 0.0516. The van der Waals surface area contributed by atoms with Crippen LogP contribution in [-0.2, 0) is 58.5 Å². The maximum Gasteiger partial charge on any atom is 0.168 e. The number of phenolic OH excluding ortho intramolecular Hbond substituents is 3. The molecule has 6 aromatic rings. The number of aromatic nitrogens is 1. The van der Waals surface area contributed by atoms with Crippen molar-refractivity contribution in [3.63, 3.8) is 0 Å². The number of aliphatic hydroxyl groups is 2. The summed E-state index contributed by atoms with van der Waals surface area (Å²) in [7, 11) is 1.67. The lowest BCUT2D eigenvalue weighted by atomic mass is 9.57. The molecule has 2 aliphatic carbocycles. The first-order chi connectivity index (χ1) is 37.6. The molecule has 398 valence electrons. The first kappa shape index (κ1) is 51.0. The lowest BCUT2D eigenvalue weighted by Gasteiger charge is -2.49. The van der Waals surface area contributed by atoms with Gasteiger partial charge in [-0.1, -0.05) is 78.6 Å². The normalized spacial score (nSPS) is 24.8. The van der Waals surface area contributed by atoms with Crippen molar-refractivity contribution in [3.8, 4) is 34.8 Å². The molecule has 1 fully saturated rings. The molecular weight excluding hydrogens is 967 g/mol. The largest absolute Gasteiger partial charge is 0.508 e. The Hall–Kier alpha value is -6.82. The number of hydrogen-bond donors (Lipinski definition) is 7. The summed E-state index contributed by atoms with van der Waals surface area (Å²) in [4.78, 5) is 0. The topological polar surface area (TPSA) is 167 Å². The van der Waals surface area contributed by atoms with Crippen molar-refractivity contribution in [2.24, 2.45) is 17.8 Å². The molecule has 8 bridgehead atoms. The minimum Gasteiger partial charge on any atom is -0.508 e. The first-order valence-electron chi connectivity index (χ1n) is 27.6. The molecule has 5 aliphatic heterocycles. The number of ether oxygens (including phenoxy) is 4. The average molecular weight is 1040 g/mol. The van der Waals surface area contributed by atoms with Crippen molar-refractivity contribution < 1.29 is 44.5 Å². The predicted octanol–water partition coefficient (Wildman–Crippen LogP) is 9.68. The molecule has 12 heteroatoms. The third kappa shape index (κ3) is 10.2. The monoisotopic (exact) mass is 1040 g/mol. The van der Waals surface area contributed by atoms with Crippen molar-refractivity contribution in [1.82, 2.24) is 15.2 Å². The van der Waals surface area contributed by atoms with Crippen LogP contribution in [0.3, 0.4) is 0 Å². The minimum atomic E-state index is -0.759. The maximum atomic E-state index is 12.2. The third-order valence-corrected chi connectivity index (χ3v) is 17.4. The molecular formula is C65H69N3O9. The van der Waals surface area contributed by atoms with E-state index in [4.69, 9.17) is 18.9 Å². The number of aryl methyl sites for hydroxylation is 2. The number of hydrogen-bond acceptors (Lipinski definition) is 11. The van der Waals surface area contributed by atoms with Crippen LogP contribution in [0.5, 0.6) is 23.0 Å². The summed E-state index contributed by atoms with van der Waals surface area (Å²) >= 11 is 0. The van der Waals surface area contributed by atoms with E-state index in [0.29, 0.717) is 56.9 Å². The van der Waals surface area contributed by atoms with Crippen LogP contribution in [0.4, 0.5) is 0 Å². The van der Waals surface area contributed by atoms with Gasteiger partial charge in [0.1, 0.15) is 30.1 Å². The molecule has 1 aromatic heterocycles. The summed E-state index contributed by atoms with van der Waals surface area (Å²) in [5.41, 5.74) is 11.4. The van der Waals surface area contributed by atoms with E-state index >= 15 is 0 Å². The van der Waals surface area contributed by atoms with Crippen LogP contribution < -0.4 is 15.4 Å². The van der Waals surface area contributed by atoms with Gasteiger partial charge in [-0.15, -0.1) is 0 Å². The first-order valence-corrected chi connectivity index (χ1v) is 27.6. The van der Waals surface area contributed by atoms with E-state index in [0.717, 1.165) is 106 Å². The van der Waals surface area contributed by atoms with E-state index in [1.807, 2.05) is 30.4 Å². The van der Waals surface area contributed by atoms with Gasteiger partial charge in [-0.2, -0.15) is 0 Å². The summed E-state index contributed by atoms with van der Waals surface area (Å²) in [6.45, 7) is 1.79. The Morgan fingerprint density at radius 1 is 0.909 bits per heavy atom. The molecule has 0 saturated carbocycles. The maximum absolute atomic E-state index is 12.2. The third-order valence-electron chi connectivity index (χ3n) is 17.4. The molecule has 12 nitrogen and oxygen atoms in total. The number of rotatable bonds is 10. The molecule has 7 atom stereocenters. The van der Waals surface area contributed by atoms with Crippen LogP contribution in [-0.4, -0.2) is 82.1 Å². The second kappa shape index (κ2) is 21.9. The standard InChI is InChI=1S/C65H69N3O9/c1-74-39-66-62-31-44-16-14-40(12-13-41-15-21-59(71)46(24-41)25-42-7-4-9-52(70)26-42)6-5-10-53-32-60(72)45-18-20-54-55(29-45)48(35-69)30-61(73)63(54)77-36-49-28-51(27-47-33-68(34-56(47)49)64(67-62)57(44)38-76-53)65-22-23-75-37-50(65)19-17-43-8-2-3-11-58(43)65/h2-4,7-9,11,15,18,20-21,24,26-28,30-31,33-34,40,45,50,53,60,62,66-67,69-73H,5-6,10,12-13,17,19,22-23,25,29,32,35-39H2,1H3. The van der Waals surface area contributed by atoms with E-state index in [1.54, 1.807) is 31.4 Å². The highest BCUT2D eigenvalue weighted by atomic mass is 16.5. The van der Waals surface area contributed by atoms with E-state index in [2.05, 4.69) is 88.0 Å². The van der Waals surface area contributed by atoms with Crippen LogP contribution in [0.1, 0.15) is 101 Å². The smallest absolute Gasteiger partial charge is 0.168 e. The SMILES string of the molecule is COCNC1C=C2C#CC(CCc3ccc(O)c(Cc4cccc(O)c4)c3)CCCC3CC(O)C4C=Cc5c(c(CO)cc(O)c5OCc5cc(C67CCOCC6CCc6ccccc67)cc6cn(cc56)C(=C2CO3)N1)C4. The molecule has 5 aromatic carbocycles. The van der Waals surface area contributed by atoms with E-state index in [9.17, 15) is 25.5 Å². The lowest BCUT2D eigenvalue weighted by molar-refractivity contribution is 0.00497. The Balaban J connectivity index is 0.985. The Kier molecular flexibility index (Phi) is 14.5. The Morgan fingerprint density at radius 3 is 2.70 bits per heavy atom. The number of fused-ring (bicyclic) bond motifs is 5. The highest BCUT2D eigenvalue weighted by molar-refractivity contribution is 5.89. The molecule has 7 N–H and O–H groups in total. The summed E-state index contributed by atoms with van der Waals surface area (Å²) in [6, 6.07) is 28.2. The van der Waals surface area contributed by atoms with E-state index in [1.165, 1.54) is 16.7 Å².